The number of carbonyl (C=O) groups excluding carboxylic acids is 3. The molecule has 0 radical (unpaired) electrons. The molecule has 0 unspecified atom stereocenters. The molecule has 0 spiro atoms. The van der Waals surface area contributed by atoms with Gasteiger partial charge in [0.2, 0.25) is 11.8 Å². The number of oxazole rings is 1. The molecule has 30 heavy (non-hydrogen) atoms. The van der Waals surface area contributed by atoms with Gasteiger partial charge in [-0.2, -0.15) is 0 Å². The van der Waals surface area contributed by atoms with Crippen LogP contribution >= 0.6 is 0 Å². The van der Waals surface area contributed by atoms with Gasteiger partial charge < -0.3 is 14.5 Å². The van der Waals surface area contributed by atoms with Crippen LogP contribution in [0.1, 0.15) is 39.1 Å². The predicted molar refractivity (Wildman–Crippen MR) is 110 cm³/mol. The summed E-state index contributed by atoms with van der Waals surface area (Å²) in [6.45, 7) is 3.23. The zero-order valence-electron chi connectivity index (χ0n) is 16.8. The minimum absolute atomic E-state index is 0.0509. The Morgan fingerprint density at radius 1 is 1.03 bits per heavy atom. The van der Waals surface area contributed by atoms with Crippen molar-refractivity contribution in [2.45, 2.75) is 20.3 Å². The lowest BCUT2D eigenvalue weighted by molar-refractivity contribution is -0.118. The highest BCUT2D eigenvalue weighted by atomic mass is 16.5. The Labute approximate surface area is 174 Å². The SMILES string of the molecule is CC(=O)NCCc1ccc(C(=O)COC(=O)c2nc(-c3ccccc3)oc2C)cc1. The van der Waals surface area contributed by atoms with Crippen LogP contribution in [0.3, 0.4) is 0 Å². The van der Waals surface area contributed by atoms with Crippen molar-refractivity contribution in [3.05, 3.63) is 77.2 Å². The van der Waals surface area contributed by atoms with Gasteiger partial charge in [-0.25, -0.2) is 9.78 Å². The van der Waals surface area contributed by atoms with Crippen LogP contribution in [0, 0.1) is 6.92 Å². The summed E-state index contributed by atoms with van der Waals surface area (Å²) < 4.78 is 10.7. The Kier molecular flexibility index (Phi) is 6.75. The van der Waals surface area contributed by atoms with E-state index >= 15 is 0 Å². The molecular formula is C23H22N2O5. The maximum Gasteiger partial charge on any atom is 0.361 e. The molecule has 1 heterocycles. The Hall–Kier alpha value is -3.74. The topological polar surface area (TPSA) is 98.5 Å². The molecule has 0 atom stereocenters. The van der Waals surface area contributed by atoms with Gasteiger partial charge in [0.25, 0.3) is 0 Å². The molecule has 2 aromatic carbocycles. The van der Waals surface area contributed by atoms with Crippen molar-refractivity contribution in [3.8, 4) is 11.5 Å². The number of benzene rings is 2. The fourth-order valence-electron chi connectivity index (χ4n) is 2.81. The number of Topliss-reactive ketones (excluding diaryl/α,β-unsaturated/α-hetero) is 1. The molecule has 154 valence electrons. The van der Waals surface area contributed by atoms with Crippen LogP contribution in [0.15, 0.2) is 59.0 Å². The third-order valence-electron chi connectivity index (χ3n) is 4.41. The standard InChI is InChI=1S/C23H22N2O5/c1-15-21(25-22(30-15)19-6-4-3-5-7-19)23(28)29-14-20(27)18-10-8-17(9-11-18)12-13-24-16(2)26/h3-11H,12-14H2,1-2H3,(H,24,26). The highest BCUT2D eigenvalue weighted by Crippen LogP contribution is 2.21. The van der Waals surface area contributed by atoms with Crippen molar-refractivity contribution in [3.63, 3.8) is 0 Å². The third-order valence-corrected chi connectivity index (χ3v) is 4.41. The van der Waals surface area contributed by atoms with Gasteiger partial charge in [0.15, 0.2) is 18.1 Å². The first-order valence-corrected chi connectivity index (χ1v) is 9.50. The average Bonchev–Trinajstić information content (AvgIpc) is 3.14. The Bertz CT molecular complexity index is 1040. The second-order valence-corrected chi connectivity index (χ2v) is 6.72. The number of rotatable bonds is 8. The highest BCUT2D eigenvalue weighted by Gasteiger charge is 2.20. The molecule has 0 aliphatic carbocycles. The van der Waals surface area contributed by atoms with Gasteiger partial charge >= 0.3 is 5.97 Å². The van der Waals surface area contributed by atoms with Crippen molar-refractivity contribution < 1.29 is 23.5 Å². The van der Waals surface area contributed by atoms with Crippen molar-refractivity contribution >= 4 is 17.7 Å². The number of hydrogen-bond acceptors (Lipinski definition) is 6. The van der Waals surface area contributed by atoms with E-state index in [1.807, 2.05) is 42.5 Å². The van der Waals surface area contributed by atoms with Crippen molar-refractivity contribution in [2.24, 2.45) is 0 Å². The lowest BCUT2D eigenvalue weighted by atomic mass is 10.1. The molecule has 1 amide bonds. The lowest BCUT2D eigenvalue weighted by Crippen LogP contribution is -2.22. The van der Waals surface area contributed by atoms with Gasteiger partial charge in [-0.3, -0.25) is 9.59 Å². The highest BCUT2D eigenvalue weighted by molar-refractivity contribution is 5.99. The van der Waals surface area contributed by atoms with Crippen LogP contribution < -0.4 is 5.32 Å². The van der Waals surface area contributed by atoms with E-state index in [1.165, 1.54) is 6.92 Å². The number of nitrogens with one attached hydrogen (secondary N) is 1. The van der Waals surface area contributed by atoms with E-state index in [-0.39, 0.29) is 17.4 Å². The van der Waals surface area contributed by atoms with E-state index in [0.717, 1.165) is 11.1 Å². The number of ether oxygens (including phenoxy) is 1. The minimum atomic E-state index is -0.710. The molecule has 1 N–H and O–H groups in total. The maximum absolute atomic E-state index is 12.3. The molecule has 1 aromatic heterocycles. The van der Waals surface area contributed by atoms with Crippen LogP contribution in [0.4, 0.5) is 0 Å². The molecule has 0 saturated heterocycles. The molecule has 7 heteroatoms. The number of nitrogens with zero attached hydrogens (tertiary/aromatic N) is 1. The molecule has 3 aromatic rings. The molecule has 0 saturated carbocycles. The number of aromatic nitrogens is 1. The largest absolute Gasteiger partial charge is 0.452 e. The number of esters is 1. The first-order chi connectivity index (χ1) is 14.4. The number of hydrogen-bond donors (Lipinski definition) is 1. The van der Waals surface area contributed by atoms with Crippen LogP contribution in [0.2, 0.25) is 0 Å². The van der Waals surface area contributed by atoms with Crippen molar-refractivity contribution in [1.29, 1.82) is 0 Å². The summed E-state index contributed by atoms with van der Waals surface area (Å²) in [5.74, 6) is -0.460. The predicted octanol–water partition coefficient (Wildman–Crippen LogP) is 3.37. The second-order valence-electron chi connectivity index (χ2n) is 6.72. The molecule has 7 nitrogen and oxygen atoms in total. The van der Waals surface area contributed by atoms with Gasteiger partial charge in [-0.05, 0) is 31.0 Å². The molecule has 0 aliphatic rings. The Morgan fingerprint density at radius 3 is 2.40 bits per heavy atom. The first kappa shape index (κ1) is 21.0. The number of ketones is 1. The van der Waals surface area contributed by atoms with Crippen LogP contribution in [-0.4, -0.2) is 35.8 Å². The monoisotopic (exact) mass is 406 g/mol. The number of carbonyl (C=O) groups is 3. The van der Waals surface area contributed by atoms with E-state index in [9.17, 15) is 14.4 Å². The van der Waals surface area contributed by atoms with Gasteiger partial charge in [0.1, 0.15) is 5.76 Å². The summed E-state index contributed by atoms with van der Waals surface area (Å²) in [5.41, 5.74) is 2.22. The maximum atomic E-state index is 12.3. The summed E-state index contributed by atoms with van der Waals surface area (Å²) >= 11 is 0. The molecular weight excluding hydrogens is 384 g/mol. The van der Waals surface area contributed by atoms with Crippen molar-refractivity contribution in [2.75, 3.05) is 13.2 Å². The van der Waals surface area contributed by atoms with E-state index in [4.69, 9.17) is 9.15 Å². The van der Waals surface area contributed by atoms with Crippen LogP contribution in [0.25, 0.3) is 11.5 Å². The molecule has 0 bridgehead atoms. The van der Waals surface area contributed by atoms with E-state index in [0.29, 0.717) is 30.2 Å². The van der Waals surface area contributed by atoms with Crippen molar-refractivity contribution in [1.82, 2.24) is 10.3 Å². The number of aryl methyl sites for hydroxylation is 1. The molecule has 0 aliphatic heterocycles. The summed E-state index contributed by atoms with van der Waals surface area (Å²) in [6.07, 6.45) is 0.665. The van der Waals surface area contributed by atoms with Gasteiger partial charge in [-0.1, -0.05) is 42.5 Å². The van der Waals surface area contributed by atoms with E-state index in [2.05, 4.69) is 10.3 Å². The Balaban J connectivity index is 1.56. The quantitative estimate of drug-likeness (QED) is 0.455. The Morgan fingerprint density at radius 2 is 1.73 bits per heavy atom. The summed E-state index contributed by atoms with van der Waals surface area (Å²) in [7, 11) is 0. The second kappa shape index (κ2) is 9.65. The van der Waals surface area contributed by atoms with Gasteiger partial charge in [0, 0.05) is 24.6 Å². The zero-order chi connectivity index (χ0) is 21.5. The smallest absolute Gasteiger partial charge is 0.361 e. The van der Waals surface area contributed by atoms with Crippen LogP contribution in [0.5, 0.6) is 0 Å². The third kappa shape index (κ3) is 5.41. The normalized spacial score (nSPS) is 10.5. The summed E-state index contributed by atoms with van der Waals surface area (Å²) in [5, 5.41) is 2.72. The van der Waals surface area contributed by atoms with E-state index < -0.39 is 12.6 Å². The fraction of sp³-hybridized carbons (Fsp3) is 0.217. The fourth-order valence-corrected chi connectivity index (χ4v) is 2.81. The zero-order valence-corrected chi connectivity index (χ0v) is 16.8. The minimum Gasteiger partial charge on any atom is -0.452 e. The summed E-state index contributed by atoms with van der Waals surface area (Å²) in [6, 6.07) is 16.2. The number of amides is 1. The van der Waals surface area contributed by atoms with E-state index in [1.54, 1.807) is 19.1 Å². The lowest BCUT2D eigenvalue weighted by Gasteiger charge is -2.05. The molecule has 3 rings (SSSR count). The van der Waals surface area contributed by atoms with Gasteiger partial charge in [0.05, 0.1) is 0 Å². The average molecular weight is 406 g/mol. The van der Waals surface area contributed by atoms with Gasteiger partial charge in [-0.15, -0.1) is 0 Å². The first-order valence-electron chi connectivity index (χ1n) is 9.50. The molecule has 0 fully saturated rings. The summed E-state index contributed by atoms with van der Waals surface area (Å²) in [4.78, 5) is 39.8. The van der Waals surface area contributed by atoms with Crippen LogP contribution in [-0.2, 0) is 16.0 Å².